The molecule has 2 aromatic carbocycles. The van der Waals surface area contributed by atoms with Crippen molar-refractivity contribution in [2.45, 2.75) is 13.1 Å². The molecule has 0 saturated carbocycles. The Balaban J connectivity index is 0.00000256. The van der Waals surface area contributed by atoms with Crippen LogP contribution in [0.25, 0.3) is 5.69 Å². The fourth-order valence-electron chi connectivity index (χ4n) is 2.97. The minimum Gasteiger partial charge on any atom is -0.497 e. The Bertz CT molecular complexity index is 1000. The van der Waals surface area contributed by atoms with Gasteiger partial charge in [0.2, 0.25) is 6.79 Å². The fraction of sp³-hybridized carbons (Fsp3) is 0.238. The smallest absolute Gasteiger partial charge is 0.231 e. The topological polar surface area (TPSA) is 81.9 Å². The maximum Gasteiger partial charge on any atom is 0.231 e. The van der Waals surface area contributed by atoms with Gasteiger partial charge >= 0.3 is 0 Å². The Kier molecular flexibility index (Phi) is 7.39. The Morgan fingerprint density at radius 1 is 1.07 bits per heavy atom. The molecule has 0 spiro atoms. The van der Waals surface area contributed by atoms with Crippen molar-refractivity contribution in [1.82, 2.24) is 20.4 Å². The van der Waals surface area contributed by atoms with E-state index < -0.39 is 0 Å². The molecule has 0 aliphatic carbocycles. The van der Waals surface area contributed by atoms with Gasteiger partial charge in [-0.15, -0.1) is 24.0 Å². The molecule has 0 bridgehead atoms. The lowest BCUT2D eigenvalue weighted by Gasteiger charge is -2.11. The first-order chi connectivity index (χ1) is 14.2. The third-order valence-electron chi connectivity index (χ3n) is 4.54. The highest BCUT2D eigenvalue weighted by molar-refractivity contribution is 14.0. The number of fused-ring (bicyclic) bond motifs is 1. The molecule has 2 heterocycles. The monoisotopic (exact) mass is 521 g/mol. The van der Waals surface area contributed by atoms with Gasteiger partial charge < -0.3 is 24.8 Å². The van der Waals surface area contributed by atoms with Gasteiger partial charge in [0, 0.05) is 19.8 Å². The highest BCUT2D eigenvalue weighted by Gasteiger charge is 2.13. The second-order valence-corrected chi connectivity index (χ2v) is 6.42. The van der Waals surface area contributed by atoms with E-state index in [1.807, 2.05) is 59.4 Å². The highest BCUT2D eigenvalue weighted by atomic mass is 127. The second-order valence-electron chi connectivity index (χ2n) is 6.42. The zero-order chi connectivity index (χ0) is 20.1. The summed E-state index contributed by atoms with van der Waals surface area (Å²) in [6.07, 6.45) is 1.93. The van der Waals surface area contributed by atoms with Crippen LogP contribution in [-0.2, 0) is 13.1 Å². The normalized spacial score (nSPS) is 12.3. The number of ether oxygens (including phenoxy) is 3. The largest absolute Gasteiger partial charge is 0.497 e. The van der Waals surface area contributed by atoms with E-state index in [1.165, 1.54) is 0 Å². The van der Waals surface area contributed by atoms with Gasteiger partial charge in [0.1, 0.15) is 5.75 Å². The molecular formula is C21H24IN5O3. The summed E-state index contributed by atoms with van der Waals surface area (Å²) in [6, 6.07) is 15.6. The van der Waals surface area contributed by atoms with Gasteiger partial charge in [0.25, 0.3) is 0 Å². The van der Waals surface area contributed by atoms with Crippen LogP contribution in [0.3, 0.4) is 0 Å². The molecule has 0 amide bonds. The third kappa shape index (κ3) is 5.15. The SMILES string of the molecule is CN=C(NCc1ccc2c(c1)OCO2)NCc1ccn(-c2ccc(OC)cc2)n1.I. The van der Waals surface area contributed by atoms with E-state index in [1.54, 1.807) is 14.2 Å². The molecule has 4 rings (SSSR count). The third-order valence-corrected chi connectivity index (χ3v) is 4.54. The van der Waals surface area contributed by atoms with Crippen LogP contribution in [-0.4, -0.2) is 36.7 Å². The summed E-state index contributed by atoms with van der Waals surface area (Å²) in [5.74, 6) is 3.07. The lowest BCUT2D eigenvalue weighted by molar-refractivity contribution is 0.174. The van der Waals surface area contributed by atoms with Crippen molar-refractivity contribution >= 4 is 29.9 Å². The van der Waals surface area contributed by atoms with E-state index >= 15 is 0 Å². The number of guanidine groups is 1. The Hall–Kier alpha value is -2.95. The summed E-state index contributed by atoms with van der Waals surface area (Å²) in [7, 11) is 3.39. The first kappa shape index (κ1) is 21.8. The molecule has 0 atom stereocenters. The van der Waals surface area contributed by atoms with E-state index in [4.69, 9.17) is 14.2 Å². The zero-order valence-electron chi connectivity index (χ0n) is 16.8. The lowest BCUT2D eigenvalue weighted by Crippen LogP contribution is -2.36. The van der Waals surface area contributed by atoms with Crippen LogP contribution in [0.15, 0.2) is 59.7 Å². The number of nitrogens with one attached hydrogen (secondary N) is 2. The molecule has 158 valence electrons. The number of hydrogen-bond acceptors (Lipinski definition) is 5. The number of methoxy groups -OCH3 is 1. The predicted molar refractivity (Wildman–Crippen MR) is 125 cm³/mol. The van der Waals surface area contributed by atoms with Crippen molar-refractivity contribution in [3.63, 3.8) is 0 Å². The molecular weight excluding hydrogens is 497 g/mol. The number of rotatable bonds is 6. The highest BCUT2D eigenvalue weighted by Crippen LogP contribution is 2.32. The molecule has 30 heavy (non-hydrogen) atoms. The summed E-state index contributed by atoms with van der Waals surface area (Å²) < 4.78 is 17.8. The molecule has 0 unspecified atom stereocenters. The molecule has 8 nitrogen and oxygen atoms in total. The summed E-state index contributed by atoms with van der Waals surface area (Å²) in [5.41, 5.74) is 2.97. The Morgan fingerprint density at radius 2 is 1.83 bits per heavy atom. The van der Waals surface area contributed by atoms with Crippen LogP contribution in [0.1, 0.15) is 11.3 Å². The number of nitrogens with zero attached hydrogens (tertiary/aromatic N) is 3. The summed E-state index contributed by atoms with van der Waals surface area (Å²) >= 11 is 0. The van der Waals surface area contributed by atoms with E-state index in [2.05, 4.69) is 20.7 Å². The van der Waals surface area contributed by atoms with Crippen LogP contribution in [0.5, 0.6) is 17.2 Å². The van der Waals surface area contributed by atoms with Crippen LogP contribution in [0.4, 0.5) is 0 Å². The van der Waals surface area contributed by atoms with E-state index in [0.29, 0.717) is 19.0 Å². The van der Waals surface area contributed by atoms with E-state index in [-0.39, 0.29) is 30.8 Å². The van der Waals surface area contributed by atoms with Gasteiger partial charge in [-0.1, -0.05) is 6.07 Å². The molecule has 0 fully saturated rings. The molecule has 0 radical (unpaired) electrons. The van der Waals surface area contributed by atoms with E-state index in [9.17, 15) is 0 Å². The van der Waals surface area contributed by atoms with Gasteiger partial charge in [-0.05, 0) is 48.0 Å². The summed E-state index contributed by atoms with van der Waals surface area (Å²) in [6.45, 7) is 1.46. The van der Waals surface area contributed by atoms with Crippen molar-refractivity contribution in [1.29, 1.82) is 0 Å². The van der Waals surface area contributed by atoms with Crippen LogP contribution in [0.2, 0.25) is 0 Å². The van der Waals surface area contributed by atoms with Gasteiger partial charge in [-0.25, -0.2) is 4.68 Å². The fourth-order valence-corrected chi connectivity index (χ4v) is 2.97. The lowest BCUT2D eigenvalue weighted by atomic mass is 10.2. The van der Waals surface area contributed by atoms with Crippen molar-refractivity contribution in [3.8, 4) is 22.9 Å². The minimum atomic E-state index is 0. The Morgan fingerprint density at radius 3 is 2.60 bits per heavy atom. The number of hydrogen-bond donors (Lipinski definition) is 2. The average molecular weight is 521 g/mol. The summed E-state index contributed by atoms with van der Waals surface area (Å²) in [4.78, 5) is 4.26. The number of aromatic nitrogens is 2. The van der Waals surface area contributed by atoms with Crippen molar-refractivity contribution in [3.05, 3.63) is 66.0 Å². The maximum absolute atomic E-state index is 5.42. The van der Waals surface area contributed by atoms with Crippen molar-refractivity contribution in [2.24, 2.45) is 4.99 Å². The minimum absolute atomic E-state index is 0. The van der Waals surface area contributed by atoms with Gasteiger partial charge in [0.05, 0.1) is 25.0 Å². The first-order valence-electron chi connectivity index (χ1n) is 9.27. The quantitative estimate of drug-likeness (QED) is 0.295. The molecule has 1 aromatic heterocycles. The van der Waals surface area contributed by atoms with Crippen LogP contribution in [0, 0.1) is 0 Å². The predicted octanol–water partition coefficient (Wildman–Crippen LogP) is 3.09. The molecule has 9 heteroatoms. The zero-order valence-corrected chi connectivity index (χ0v) is 19.1. The van der Waals surface area contributed by atoms with Crippen molar-refractivity contribution < 1.29 is 14.2 Å². The van der Waals surface area contributed by atoms with Gasteiger partial charge in [-0.2, -0.15) is 5.10 Å². The first-order valence-corrected chi connectivity index (χ1v) is 9.27. The number of halogens is 1. The second kappa shape index (κ2) is 10.2. The maximum atomic E-state index is 5.42. The summed E-state index contributed by atoms with van der Waals surface area (Å²) in [5, 5.41) is 11.2. The molecule has 3 aromatic rings. The van der Waals surface area contributed by atoms with E-state index in [0.717, 1.165) is 34.2 Å². The molecule has 1 aliphatic rings. The van der Waals surface area contributed by atoms with Crippen LogP contribution < -0.4 is 24.8 Å². The van der Waals surface area contributed by atoms with Gasteiger partial charge in [0.15, 0.2) is 17.5 Å². The standard InChI is InChI=1S/C21H23N5O3.HI/c1-22-21(23-12-15-3-8-19-20(11-15)29-14-28-19)24-13-16-9-10-26(25-16)17-4-6-18(27-2)7-5-17;/h3-11H,12-14H2,1-2H3,(H2,22,23,24);1H. The number of aliphatic imine (C=N–C) groups is 1. The molecule has 1 aliphatic heterocycles. The van der Waals surface area contributed by atoms with Gasteiger partial charge in [-0.3, -0.25) is 4.99 Å². The number of benzene rings is 2. The Labute approximate surface area is 192 Å². The van der Waals surface area contributed by atoms with Crippen molar-refractivity contribution in [2.75, 3.05) is 21.0 Å². The average Bonchev–Trinajstić information content (AvgIpc) is 3.43. The molecule has 0 saturated heterocycles. The molecule has 2 N–H and O–H groups in total. The van der Waals surface area contributed by atoms with Crippen LogP contribution >= 0.6 is 24.0 Å².